The van der Waals surface area contributed by atoms with Crippen molar-refractivity contribution >= 4 is 17.3 Å². The third kappa shape index (κ3) is 4.56. The van der Waals surface area contributed by atoms with E-state index in [9.17, 15) is 29.7 Å². The number of carbonyl (C=O) groups excluding carboxylic acids is 1. The van der Waals surface area contributed by atoms with Crippen LogP contribution in [0.25, 0.3) is 11.2 Å². The fraction of sp³-hybridized carbons (Fsp3) is 0.429. The first kappa shape index (κ1) is 24.6. The highest BCUT2D eigenvalue weighted by Gasteiger charge is 2.43. The molecule has 0 spiro atoms. The Hall–Kier alpha value is -3.56. The molecule has 3 aromatic rings. The van der Waals surface area contributed by atoms with Crippen LogP contribution in [0.1, 0.15) is 12.5 Å². The summed E-state index contributed by atoms with van der Waals surface area (Å²) in [5, 5.41) is 29.5. The van der Waals surface area contributed by atoms with E-state index >= 15 is 0 Å². The molecule has 3 heterocycles. The second kappa shape index (κ2) is 9.59. The predicted octanol–water partition coefficient (Wildman–Crippen LogP) is -1.24. The van der Waals surface area contributed by atoms with Gasteiger partial charge in [-0.15, -0.1) is 0 Å². The molecule has 14 nitrogen and oxygen atoms in total. The highest BCUT2D eigenvalue weighted by atomic mass is 17.2. The molecule has 0 saturated carbocycles. The fourth-order valence-corrected chi connectivity index (χ4v) is 3.53. The number of aryl methyl sites for hydroxylation is 1. The van der Waals surface area contributed by atoms with Crippen LogP contribution < -0.4 is 16.1 Å². The molecule has 1 aliphatic rings. The van der Waals surface area contributed by atoms with Crippen molar-refractivity contribution in [2.45, 2.75) is 44.2 Å². The molecule has 0 amide bonds. The summed E-state index contributed by atoms with van der Waals surface area (Å²) in [4.78, 5) is 51.1. The van der Waals surface area contributed by atoms with Crippen LogP contribution in [0.5, 0.6) is 5.75 Å². The van der Waals surface area contributed by atoms with Crippen molar-refractivity contribution in [1.29, 1.82) is 0 Å². The molecule has 2 aromatic heterocycles. The lowest BCUT2D eigenvalue weighted by Gasteiger charge is -2.37. The van der Waals surface area contributed by atoms with Gasteiger partial charge in [0.2, 0.25) is 6.29 Å². The smallest absolute Gasteiger partial charge is 0.420 e. The molecular weight excluding hydrogens is 468 g/mol. The van der Waals surface area contributed by atoms with Gasteiger partial charge in [0.05, 0.1) is 6.10 Å². The van der Waals surface area contributed by atoms with Gasteiger partial charge in [0.1, 0.15) is 31.2 Å². The summed E-state index contributed by atoms with van der Waals surface area (Å²) in [6.07, 6.45) is -6.08. The summed E-state index contributed by atoms with van der Waals surface area (Å²) in [5.41, 5.74) is -0.695. The van der Waals surface area contributed by atoms with Crippen LogP contribution in [0.2, 0.25) is 0 Å². The molecule has 0 bridgehead atoms. The molecule has 0 radical (unpaired) electrons. The molecule has 1 saturated heterocycles. The van der Waals surface area contributed by atoms with E-state index in [2.05, 4.69) is 4.98 Å². The molecule has 1 aliphatic heterocycles. The third-order valence-electron chi connectivity index (χ3n) is 5.68. The Morgan fingerprint density at radius 3 is 2.43 bits per heavy atom. The van der Waals surface area contributed by atoms with E-state index in [1.54, 1.807) is 12.1 Å². The minimum absolute atomic E-state index is 0.0556. The minimum atomic E-state index is -1.52. The maximum Gasteiger partial charge on any atom is 0.420 e. The normalized spacial score (nSPS) is 24.5. The number of aliphatic hydroxyl groups excluding tert-OH is 3. The Morgan fingerprint density at radius 1 is 1.06 bits per heavy atom. The number of carbonyl (C=O) groups is 1. The van der Waals surface area contributed by atoms with Crippen LogP contribution in [0.15, 0.2) is 40.2 Å². The highest BCUT2D eigenvalue weighted by Crippen LogP contribution is 2.23. The van der Waals surface area contributed by atoms with Crippen molar-refractivity contribution in [1.82, 2.24) is 18.7 Å². The van der Waals surface area contributed by atoms with Crippen molar-refractivity contribution < 1.29 is 39.4 Å². The molecule has 1 fully saturated rings. The Morgan fingerprint density at radius 2 is 1.74 bits per heavy atom. The first-order valence-corrected chi connectivity index (χ1v) is 10.5. The maximum absolute atomic E-state index is 12.5. The average molecular weight is 492 g/mol. The molecule has 4 rings (SSSR count). The van der Waals surface area contributed by atoms with Crippen LogP contribution in [-0.2, 0) is 35.1 Å². The van der Waals surface area contributed by atoms with E-state index < -0.39 is 48.0 Å². The molecule has 0 aliphatic carbocycles. The second-order valence-corrected chi connectivity index (χ2v) is 8.05. The number of benzene rings is 1. The predicted molar refractivity (Wildman–Crippen MR) is 116 cm³/mol. The SMILES string of the molecule is C[C@H]1O[C@@H](OOc2ccc(COC(=O)n3cnc4c3c(=O)n(C)c(=O)n4C)cc2)[C@H](O)[C@@H](O)[C@@H]1O. The van der Waals surface area contributed by atoms with Crippen molar-refractivity contribution in [2.75, 3.05) is 0 Å². The van der Waals surface area contributed by atoms with Crippen LogP contribution in [0, 0.1) is 0 Å². The Kier molecular flexibility index (Phi) is 6.73. The van der Waals surface area contributed by atoms with E-state index in [0.717, 1.165) is 20.0 Å². The van der Waals surface area contributed by atoms with Gasteiger partial charge < -0.3 is 29.7 Å². The molecule has 3 N–H and O–H groups in total. The average Bonchev–Trinajstić information content (AvgIpc) is 3.31. The lowest BCUT2D eigenvalue weighted by Crippen LogP contribution is -2.57. The van der Waals surface area contributed by atoms with E-state index in [1.807, 2.05) is 0 Å². The zero-order valence-corrected chi connectivity index (χ0v) is 19.0. The second-order valence-electron chi connectivity index (χ2n) is 8.05. The van der Waals surface area contributed by atoms with Gasteiger partial charge in [0.25, 0.3) is 5.56 Å². The van der Waals surface area contributed by atoms with Crippen LogP contribution in [0.3, 0.4) is 0 Å². The number of ether oxygens (including phenoxy) is 2. The number of hydrogen-bond donors (Lipinski definition) is 3. The van der Waals surface area contributed by atoms with Gasteiger partial charge in [-0.3, -0.25) is 13.9 Å². The summed E-state index contributed by atoms with van der Waals surface area (Å²) < 4.78 is 13.5. The first-order chi connectivity index (χ1) is 16.6. The summed E-state index contributed by atoms with van der Waals surface area (Å²) in [7, 11) is 2.74. The third-order valence-corrected chi connectivity index (χ3v) is 5.68. The van der Waals surface area contributed by atoms with Crippen LogP contribution in [0.4, 0.5) is 4.79 Å². The van der Waals surface area contributed by atoms with Crippen LogP contribution >= 0.6 is 0 Å². The quantitative estimate of drug-likeness (QED) is 0.287. The van der Waals surface area contributed by atoms with Gasteiger partial charge in [0, 0.05) is 14.1 Å². The van der Waals surface area contributed by atoms with E-state index in [1.165, 1.54) is 33.2 Å². The standard InChI is InChI=1S/C21H24N4O10/c1-10-14(26)15(27)16(28)19(33-10)35-34-12-6-4-11(5-7-12)8-32-21(31)25-9-22-17-13(25)18(29)24(3)20(30)23(17)2/h4-7,9-10,14-16,19,26-28H,8H2,1-3H3/t10-,14-,15+,16-,19+/m1/s1. The molecule has 0 unspecified atom stereocenters. The zero-order valence-electron chi connectivity index (χ0n) is 19.0. The van der Waals surface area contributed by atoms with Crippen molar-refractivity contribution in [3.8, 4) is 5.75 Å². The van der Waals surface area contributed by atoms with Crippen LogP contribution in [-0.4, -0.2) is 70.8 Å². The Labute approximate surface area is 197 Å². The number of hydrogen-bond acceptors (Lipinski definition) is 11. The summed E-state index contributed by atoms with van der Waals surface area (Å²) in [5.74, 6) is 0.231. The molecular formula is C21H24N4O10. The topological polar surface area (TPSA) is 176 Å². The van der Waals surface area contributed by atoms with Gasteiger partial charge in [-0.05, 0) is 24.6 Å². The van der Waals surface area contributed by atoms with Gasteiger partial charge in [-0.1, -0.05) is 12.1 Å². The van der Waals surface area contributed by atoms with Crippen molar-refractivity contribution in [2.24, 2.45) is 14.1 Å². The van der Waals surface area contributed by atoms with Gasteiger partial charge in [-0.25, -0.2) is 19.1 Å². The highest BCUT2D eigenvalue weighted by molar-refractivity contribution is 5.84. The van der Waals surface area contributed by atoms with E-state index in [0.29, 0.717) is 5.56 Å². The van der Waals surface area contributed by atoms with Gasteiger partial charge in [0.15, 0.2) is 16.9 Å². The number of imidazole rings is 1. The molecule has 35 heavy (non-hydrogen) atoms. The Bertz CT molecular complexity index is 1350. The zero-order chi connectivity index (χ0) is 25.4. The maximum atomic E-state index is 12.5. The largest absolute Gasteiger partial charge is 0.444 e. The monoisotopic (exact) mass is 492 g/mol. The number of aromatic nitrogens is 4. The van der Waals surface area contributed by atoms with E-state index in [-0.39, 0.29) is 23.5 Å². The van der Waals surface area contributed by atoms with Crippen molar-refractivity contribution in [3.05, 3.63) is 57.0 Å². The minimum Gasteiger partial charge on any atom is -0.444 e. The number of aliphatic hydroxyl groups is 3. The van der Waals surface area contributed by atoms with E-state index in [4.69, 9.17) is 19.2 Å². The molecule has 5 atom stereocenters. The lowest BCUT2D eigenvalue weighted by atomic mass is 10.0. The fourth-order valence-electron chi connectivity index (χ4n) is 3.53. The Balaban J connectivity index is 1.37. The summed E-state index contributed by atoms with van der Waals surface area (Å²) in [6.45, 7) is 1.37. The summed E-state index contributed by atoms with van der Waals surface area (Å²) >= 11 is 0. The van der Waals surface area contributed by atoms with Gasteiger partial charge in [-0.2, -0.15) is 4.89 Å². The molecule has 188 valence electrons. The number of nitrogens with zero attached hydrogens (tertiary/aromatic N) is 4. The lowest BCUT2D eigenvalue weighted by molar-refractivity contribution is -0.383. The summed E-state index contributed by atoms with van der Waals surface area (Å²) in [6, 6.07) is 6.18. The van der Waals surface area contributed by atoms with Crippen molar-refractivity contribution in [3.63, 3.8) is 0 Å². The first-order valence-electron chi connectivity index (χ1n) is 10.5. The number of rotatable bonds is 5. The number of fused-ring (bicyclic) bond motifs is 1. The van der Waals surface area contributed by atoms with Gasteiger partial charge >= 0.3 is 11.8 Å². The molecule has 14 heteroatoms. The molecule has 1 aromatic carbocycles.